The Morgan fingerprint density at radius 1 is 0.857 bits per heavy atom. The number of aromatic nitrogens is 1. The summed E-state index contributed by atoms with van der Waals surface area (Å²) in [6.07, 6.45) is 4.26. The molecule has 5 heteroatoms. The van der Waals surface area contributed by atoms with Crippen LogP contribution in [0.15, 0.2) is 24.4 Å². The fraction of sp³-hybridized carbons (Fsp3) is 0.688. The number of rotatable bonds is 2. The van der Waals surface area contributed by atoms with Gasteiger partial charge in [-0.05, 0) is 51.2 Å². The van der Waals surface area contributed by atoms with Crippen LogP contribution in [0.5, 0.6) is 0 Å². The first-order chi connectivity index (χ1) is 10.4. The molecule has 5 nitrogen and oxygen atoms in total. The summed E-state index contributed by atoms with van der Waals surface area (Å²) in [4.78, 5) is 6.94. The van der Waals surface area contributed by atoms with E-state index in [1.807, 2.05) is 12.3 Å². The van der Waals surface area contributed by atoms with Crippen molar-refractivity contribution in [3.63, 3.8) is 0 Å². The minimum absolute atomic E-state index is 0.948. The van der Waals surface area contributed by atoms with Gasteiger partial charge in [0.25, 0.3) is 0 Å². The van der Waals surface area contributed by atoms with Crippen LogP contribution in [-0.2, 0) is 6.54 Å². The lowest BCUT2D eigenvalue weighted by Gasteiger charge is -2.22. The Kier molecular flexibility index (Phi) is 8.32. The van der Waals surface area contributed by atoms with Gasteiger partial charge in [0.15, 0.2) is 0 Å². The number of nitrogens with zero attached hydrogens (tertiary/aromatic N) is 2. The van der Waals surface area contributed by atoms with Crippen LogP contribution in [-0.4, -0.2) is 62.2 Å². The average Bonchev–Trinajstić information content (AvgIpc) is 2.52. The van der Waals surface area contributed by atoms with Gasteiger partial charge in [-0.3, -0.25) is 9.88 Å². The van der Waals surface area contributed by atoms with Gasteiger partial charge >= 0.3 is 0 Å². The quantitative estimate of drug-likeness (QED) is 0.738. The molecular weight excluding hydrogens is 262 g/mol. The maximum Gasteiger partial charge on any atom is 0.0543 e. The summed E-state index contributed by atoms with van der Waals surface area (Å²) >= 11 is 0. The zero-order chi connectivity index (χ0) is 14.6. The van der Waals surface area contributed by atoms with E-state index in [0.29, 0.717) is 0 Å². The molecule has 0 atom stereocenters. The fourth-order valence-electron chi connectivity index (χ4n) is 2.55. The topological polar surface area (TPSA) is 52.2 Å². The average molecular weight is 291 g/mol. The second kappa shape index (κ2) is 10.7. The molecule has 0 bridgehead atoms. The molecule has 1 aliphatic rings. The molecule has 0 aromatic carbocycles. The van der Waals surface area contributed by atoms with Crippen LogP contribution in [0.25, 0.3) is 0 Å². The van der Waals surface area contributed by atoms with Crippen molar-refractivity contribution in [3.05, 3.63) is 30.1 Å². The van der Waals surface area contributed by atoms with Crippen LogP contribution in [0.4, 0.5) is 0 Å². The SMILES string of the molecule is c1ccc(CN2CCCNCCNCCCNCC2)nc1. The van der Waals surface area contributed by atoms with E-state index in [0.717, 1.165) is 64.6 Å². The van der Waals surface area contributed by atoms with Gasteiger partial charge in [0, 0.05) is 38.9 Å². The number of hydrogen-bond acceptors (Lipinski definition) is 5. The second-order valence-electron chi connectivity index (χ2n) is 5.55. The Balaban J connectivity index is 1.78. The van der Waals surface area contributed by atoms with Crippen molar-refractivity contribution in [1.82, 2.24) is 25.8 Å². The molecule has 2 heterocycles. The number of hydrogen-bond donors (Lipinski definition) is 3. The maximum atomic E-state index is 4.44. The first-order valence-electron chi connectivity index (χ1n) is 8.19. The molecule has 1 aliphatic heterocycles. The van der Waals surface area contributed by atoms with Crippen molar-refractivity contribution >= 4 is 0 Å². The first kappa shape index (κ1) is 16.4. The Labute approximate surface area is 128 Å². The van der Waals surface area contributed by atoms with Crippen LogP contribution >= 0.6 is 0 Å². The molecule has 1 saturated heterocycles. The molecule has 0 aliphatic carbocycles. The summed E-state index contributed by atoms with van der Waals surface area (Å²) in [7, 11) is 0. The van der Waals surface area contributed by atoms with Gasteiger partial charge in [0.05, 0.1) is 5.69 Å². The number of nitrogens with one attached hydrogen (secondary N) is 3. The molecule has 1 aromatic heterocycles. The lowest BCUT2D eigenvalue weighted by Crippen LogP contribution is -2.36. The molecule has 0 amide bonds. The Morgan fingerprint density at radius 3 is 2.38 bits per heavy atom. The summed E-state index contributed by atoms with van der Waals surface area (Å²) in [5.41, 5.74) is 1.16. The van der Waals surface area contributed by atoms with Crippen molar-refractivity contribution in [3.8, 4) is 0 Å². The second-order valence-corrected chi connectivity index (χ2v) is 5.55. The number of pyridine rings is 1. The molecular formula is C16H29N5. The van der Waals surface area contributed by atoms with E-state index < -0.39 is 0 Å². The Morgan fingerprint density at radius 2 is 1.62 bits per heavy atom. The highest BCUT2D eigenvalue weighted by Crippen LogP contribution is 2.01. The lowest BCUT2D eigenvalue weighted by molar-refractivity contribution is 0.257. The summed E-state index contributed by atoms with van der Waals surface area (Å²) in [6, 6.07) is 6.16. The molecule has 2 rings (SSSR count). The van der Waals surface area contributed by atoms with Gasteiger partial charge in [0.1, 0.15) is 0 Å². The molecule has 1 fully saturated rings. The molecule has 0 unspecified atom stereocenters. The highest BCUT2D eigenvalue weighted by Gasteiger charge is 2.06. The zero-order valence-electron chi connectivity index (χ0n) is 13.0. The zero-order valence-corrected chi connectivity index (χ0v) is 13.0. The Hall–Kier alpha value is -1.01. The van der Waals surface area contributed by atoms with Gasteiger partial charge in [-0.1, -0.05) is 6.07 Å². The van der Waals surface area contributed by atoms with Crippen molar-refractivity contribution in [2.75, 3.05) is 52.4 Å². The molecule has 0 saturated carbocycles. The van der Waals surface area contributed by atoms with Gasteiger partial charge in [-0.25, -0.2) is 0 Å². The van der Waals surface area contributed by atoms with Crippen LogP contribution in [0, 0.1) is 0 Å². The summed E-state index contributed by atoms with van der Waals surface area (Å²) < 4.78 is 0. The van der Waals surface area contributed by atoms with Crippen molar-refractivity contribution < 1.29 is 0 Å². The summed E-state index contributed by atoms with van der Waals surface area (Å²) in [6.45, 7) is 9.64. The van der Waals surface area contributed by atoms with E-state index in [9.17, 15) is 0 Å². The van der Waals surface area contributed by atoms with E-state index >= 15 is 0 Å². The van der Waals surface area contributed by atoms with Crippen molar-refractivity contribution in [2.45, 2.75) is 19.4 Å². The van der Waals surface area contributed by atoms with Crippen molar-refractivity contribution in [1.29, 1.82) is 0 Å². The first-order valence-corrected chi connectivity index (χ1v) is 8.19. The van der Waals surface area contributed by atoms with Gasteiger partial charge < -0.3 is 16.0 Å². The molecule has 0 spiro atoms. The van der Waals surface area contributed by atoms with E-state index in [1.54, 1.807) is 0 Å². The van der Waals surface area contributed by atoms with Crippen LogP contribution < -0.4 is 16.0 Å². The standard InChI is InChI=1S/C16H29N5/c1-2-9-20-16(5-1)15-21-13-4-8-18-11-10-17-6-3-7-19-12-14-21/h1-2,5,9,17-19H,3-4,6-8,10-15H2. The smallest absolute Gasteiger partial charge is 0.0543 e. The third-order valence-electron chi connectivity index (χ3n) is 3.73. The van der Waals surface area contributed by atoms with E-state index in [2.05, 4.69) is 38.0 Å². The highest BCUT2D eigenvalue weighted by molar-refractivity contribution is 5.03. The monoisotopic (exact) mass is 291 g/mol. The molecule has 118 valence electrons. The molecule has 1 aromatic rings. The van der Waals surface area contributed by atoms with E-state index in [4.69, 9.17) is 0 Å². The third kappa shape index (κ3) is 7.52. The van der Waals surface area contributed by atoms with Crippen molar-refractivity contribution in [2.24, 2.45) is 0 Å². The van der Waals surface area contributed by atoms with E-state index in [1.165, 1.54) is 12.8 Å². The van der Waals surface area contributed by atoms with Gasteiger partial charge in [-0.15, -0.1) is 0 Å². The minimum atomic E-state index is 0.948. The fourth-order valence-corrected chi connectivity index (χ4v) is 2.55. The molecule has 3 N–H and O–H groups in total. The lowest BCUT2D eigenvalue weighted by atomic mass is 10.3. The largest absolute Gasteiger partial charge is 0.315 e. The normalized spacial score (nSPS) is 20.8. The maximum absolute atomic E-state index is 4.44. The molecule has 0 radical (unpaired) electrons. The van der Waals surface area contributed by atoms with E-state index in [-0.39, 0.29) is 0 Å². The minimum Gasteiger partial charge on any atom is -0.315 e. The van der Waals surface area contributed by atoms with Crippen LogP contribution in [0.3, 0.4) is 0 Å². The van der Waals surface area contributed by atoms with Crippen LogP contribution in [0.2, 0.25) is 0 Å². The van der Waals surface area contributed by atoms with Gasteiger partial charge in [-0.2, -0.15) is 0 Å². The van der Waals surface area contributed by atoms with Gasteiger partial charge in [0.2, 0.25) is 0 Å². The predicted octanol–water partition coefficient (Wildman–Crippen LogP) is 0.446. The predicted molar refractivity (Wildman–Crippen MR) is 87.4 cm³/mol. The highest BCUT2D eigenvalue weighted by atomic mass is 15.1. The summed E-state index contributed by atoms with van der Waals surface area (Å²) in [5, 5.41) is 10.5. The summed E-state index contributed by atoms with van der Waals surface area (Å²) in [5.74, 6) is 0. The Bertz CT molecular complexity index is 343. The third-order valence-corrected chi connectivity index (χ3v) is 3.73. The van der Waals surface area contributed by atoms with Crippen LogP contribution in [0.1, 0.15) is 18.5 Å². The molecule has 21 heavy (non-hydrogen) atoms.